The van der Waals surface area contributed by atoms with E-state index < -0.39 is 17.9 Å². The summed E-state index contributed by atoms with van der Waals surface area (Å²) in [6, 6.07) is 7.85. The van der Waals surface area contributed by atoms with Crippen molar-refractivity contribution in [3.8, 4) is 0 Å². The lowest BCUT2D eigenvalue weighted by molar-refractivity contribution is 0.0508. The van der Waals surface area contributed by atoms with E-state index in [1.165, 1.54) is 25.7 Å². The zero-order valence-electron chi connectivity index (χ0n) is 29.7. The van der Waals surface area contributed by atoms with Crippen molar-refractivity contribution in [2.24, 2.45) is 10.8 Å². The molecule has 4 aromatic rings. The highest BCUT2D eigenvalue weighted by atomic mass is 35.5. The predicted molar refractivity (Wildman–Crippen MR) is 192 cm³/mol. The van der Waals surface area contributed by atoms with Gasteiger partial charge in [0.25, 0.3) is 0 Å². The number of carbonyl (C=O) groups is 3. The van der Waals surface area contributed by atoms with E-state index in [-0.39, 0.29) is 12.3 Å². The fourth-order valence-corrected chi connectivity index (χ4v) is 6.86. The third kappa shape index (κ3) is 7.76. The Hall–Kier alpha value is -4.98. The number of imidazole rings is 2. The first-order valence-electron chi connectivity index (χ1n) is 17.8. The minimum atomic E-state index is -0.466. The average Bonchev–Trinajstić information content (AvgIpc) is 3.99. The molecule has 274 valence electrons. The maximum absolute atomic E-state index is 12.5. The summed E-state index contributed by atoms with van der Waals surface area (Å²) in [5, 5.41) is 0.496. The van der Waals surface area contributed by atoms with Crippen LogP contribution in [0.25, 0.3) is 0 Å². The molecule has 4 fully saturated rings. The topological polar surface area (TPSA) is 147 Å². The third-order valence-corrected chi connectivity index (χ3v) is 10.3. The van der Waals surface area contributed by atoms with Gasteiger partial charge in [0.05, 0.1) is 45.6 Å². The Bertz CT molecular complexity index is 1950. The van der Waals surface area contributed by atoms with Crippen molar-refractivity contribution in [2.75, 3.05) is 55.8 Å². The molecule has 2 saturated heterocycles. The van der Waals surface area contributed by atoms with E-state index >= 15 is 0 Å². The standard InChI is InChI=1S/C20H24N4O4.C17H19ClN4O2/c1-3-27-18(25)15-10-23(13-21-15)9-14-5-6-16(22-17(14)19(26)28-4-2)24-11-20(12-24)7-8-20;1-2-24-16(23)13-8-21(11-19-13)7-12-3-4-14(20-15(12)18)22-9-17(10-22)5-6-17/h5-6,10,13H,3-4,7-9,11-12H2,1-2H3;3-4,8,11H,2,5-7,9-10H2,1H3. The molecule has 14 nitrogen and oxygen atoms in total. The van der Waals surface area contributed by atoms with Crippen molar-refractivity contribution in [1.29, 1.82) is 0 Å². The van der Waals surface area contributed by atoms with E-state index in [1.807, 2.05) is 24.3 Å². The molecule has 2 aliphatic carbocycles. The molecule has 15 heteroatoms. The summed E-state index contributed by atoms with van der Waals surface area (Å²) < 4.78 is 18.6. The van der Waals surface area contributed by atoms with E-state index in [9.17, 15) is 14.4 Å². The number of nitrogens with zero attached hydrogens (tertiary/aromatic N) is 8. The van der Waals surface area contributed by atoms with E-state index in [0.717, 1.165) is 48.9 Å². The lowest BCUT2D eigenvalue weighted by Gasteiger charge is -2.41. The van der Waals surface area contributed by atoms with Gasteiger partial charge in [0, 0.05) is 60.5 Å². The van der Waals surface area contributed by atoms with Crippen molar-refractivity contribution in [1.82, 2.24) is 29.1 Å². The first kappa shape index (κ1) is 35.4. The van der Waals surface area contributed by atoms with Gasteiger partial charge in [-0.15, -0.1) is 0 Å². The fraction of sp³-hybridized carbons (Fsp3) is 0.486. The minimum Gasteiger partial charge on any atom is -0.461 e. The largest absolute Gasteiger partial charge is 0.461 e. The second-order valence-corrected chi connectivity index (χ2v) is 14.4. The molecule has 0 radical (unpaired) electrons. The van der Waals surface area contributed by atoms with Crippen molar-refractivity contribution in [3.05, 3.63) is 82.7 Å². The molecule has 0 aromatic carbocycles. The monoisotopic (exact) mass is 730 g/mol. The molecule has 8 rings (SSSR count). The molecule has 0 atom stereocenters. The Morgan fingerprint density at radius 3 is 1.56 bits per heavy atom. The Kier molecular flexibility index (Phi) is 9.92. The summed E-state index contributed by atoms with van der Waals surface area (Å²) in [6.07, 6.45) is 11.7. The number of aromatic nitrogens is 6. The number of hydrogen-bond acceptors (Lipinski definition) is 12. The van der Waals surface area contributed by atoms with Crippen molar-refractivity contribution in [3.63, 3.8) is 0 Å². The van der Waals surface area contributed by atoms with E-state index in [2.05, 4.69) is 29.7 Å². The molecule has 2 aliphatic heterocycles. The Morgan fingerprint density at radius 2 is 1.10 bits per heavy atom. The van der Waals surface area contributed by atoms with Gasteiger partial charge in [0.2, 0.25) is 0 Å². The highest BCUT2D eigenvalue weighted by molar-refractivity contribution is 6.30. The van der Waals surface area contributed by atoms with Crippen LogP contribution >= 0.6 is 11.6 Å². The Labute approximate surface area is 307 Å². The second kappa shape index (κ2) is 14.6. The van der Waals surface area contributed by atoms with Crippen LogP contribution in [0.4, 0.5) is 11.6 Å². The van der Waals surface area contributed by atoms with Crippen LogP contribution in [-0.2, 0) is 27.3 Å². The quantitative estimate of drug-likeness (QED) is 0.109. The number of pyridine rings is 2. The molecule has 0 bridgehead atoms. The molecule has 52 heavy (non-hydrogen) atoms. The predicted octanol–water partition coefficient (Wildman–Crippen LogP) is 5.04. The molecule has 0 N–H and O–H groups in total. The number of anilines is 2. The van der Waals surface area contributed by atoms with Crippen LogP contribution < -0.4 is 9.80 Å². The third-order valence-electron chi connectivity index (χ3n) is 9.95. The van der Waals surface area contributed by atoms with Crippen LogP contribution in [0.2, 0.25) is 5.15 Å². The van der Waals surface area contributed by atoms with E-state index in [4.69, 9.17) is 25.8 Å². The highest BCUT2D eigenvalue weighted by Crippen LogP contribution is 2.54. The molecule has 0 unspecified atom stereocenters. The van der Waals surface area contributed by atoms with Gasteiger partial charge < -0.3 is 33.1 Å². The number of esters is 3. The van der Waals surface area contributed by atoms with Gasteiger partial charge in [-0.1, -0.05) is 23.7 Å². The molecule has 6 heterocycles. The van der Waals surface area contributed by atoms with E-state index in [1.54, 1.807) is 55.0 Å². The summed E-state index contributed by atoms with van der Waals surface area (Å²) in [5.41, 5.74) is 3.55. The summed E-state index contributed by atoms with van der Waals surface area (Å²) in [6.45, 7) is 11.3. The average molecular weight is 731 g/mol. The molecule has 4 aromatic heterocycles. The fourth-order valence-electron chi connectivity index (χ4n) is 6.65. The summed E-state index contributed by atoms with van der Waals surface area (Å²) in [4.78, 5) is 57.7. The normalized spacial score (nSPS) is 17.1. The highest BCUT2D eigenvalue weighted by Gasteiger charge is 2.53. The number of carbonyl (C=O) groups excluding carboxylic acids is 3. The van der Waals surface area contributed by atoms with Crippen LogP contribution in [0.15, 0.2) is 49.3 Å². The molecular weight excluding hydrogens is 688 g/mol. The number of ether oxygens (including phenoxy) is 3. The number of rotatable bonds is 12. The second-order valence-electron chi connectivity index (χ2n) is 14.0. The molecule has 2 spiro atoms. The zero-order valence-corrected chi connectivity index (χ0v) is 30.5. The lowest BCUT2D eigenvalue weighted by Crippen LogP contribution is -2.49. The van der Waals surface area contributed by atoms with Crippen LogP contribution in [0, 0.1) is 10.8 Å². The summed E-state index contributed by atoms with van der Waals surface area (Å²) in [7, 11) is 0. The number of halogens is 1. The SMILES string of the molecule is CCOC(=O)c1cn(Cc2ccc(N3CC4(CC4)C3)nc2C(=O)OCC)cn1.CCOC(=O)c1cn(Cc2ccc(N3CC4(CC4)C3)nc2Cl)cn1. The maximum Gasteiger partial charge on any atom is 0.358 e. The zero-order chi connectivity index (χ0) is 36.5. The van der Waals surface area contributed by atoms with Gasteiger partial charge >= 0.3 is 17.9 Å². The molecule has 2 saturated carbocycles. The van der Waals surface area contributed by atoms with Crippen LogP contribution in [-0.4, -0.2) is 93.0 Å². The first-order chi connectivity index (χ1) is 25.1. The first-order valence-corrected chi connectivity index (χ1v) is 18.2. The lowest BCUT2D eigenvalue weighted by atomic mass is 9.97. The van der Waals surface area contributed by atoms with Crippen molar-refractivity contribution < 1.29 is 28.6 Å². The maximum atomic E-state index is 12.5. The van der Waals surface area contributed by atoms with Crippen molar-refractivity contribution >= 4 is 41.1 Å². The molecule has 4 aliphatic rings. The smallest absolute Gasteiger partial charge is 0.358 e. The van der Waals surface area contributed by atoms with Gasteiger partial charge in [-0.2, -0.15) is 0 Å². The molecule has 0 amide bonds. The van der Waals surface area contributed by atoms with Gasteiger partial charge in [0.1, 0.15) is 16.8 Å². The number of hydrogen-bond donors (Lipinski definition) is 0. The Balaban J connectivity index is 0.000000164. The van der Waals surface area contributed by atoms with E-state index in [0.29, 0.717) is 53.7 Å². The van der Waals surface area contributed by atoms with Gasteiger partial charge in [-0.25, -0.2) is 34.3 Å². The van der Waals surface area contributed by atoms with Crippen LogP contribution in [0.5, 0.6) is 0 Å². The van der Waals surface area contributed by atoms with Crippen LogP contribution in [0.1, 0.15) is 89.0 Å². The van der Waals surface area contributed by atoms with Gasteiger partial charge in [0.15, 0.2) is 17.1 Å². The molecular formula is C37H43ClN8O6. The van der Waals surface area contributed by atoms with Crippen LogP contribution in [0.3, 0.4) is 0 Å². The van der Waals surface area contributed by atoms with Crippen molar-refractivity contribution in [2.45, 2.75) is 59.5 Å². The van der Waals surface area contributed by atoms with Gasteiger partial charge in [-0.05, 0) is 58.6 Å². The van der Waals surface area contributed by atoms with Gasteiger partial charge in [-0.3, -0.25) is 0 Å². The summed E-state index contributed by atoms with van der Waals surface area (Å²) >= 11 is 6.35. The summed E-state index contributed by atoms with van der Waals surface area (Å²) in [5.74, 6) is 0.433. The Morgan fingerprint density at radius 1 is 0.654 bits per heavy atom. The minimum absolute atomic E-state index is 0.236.